The lowest BCUT2D eigenvalue weighted by Gasteiger charge is -2.38. The molecule has 1 N–H and O–H groups in total. The Morgan fingerprint density at radius 3 is 2.47 bits per heavy atom. The molecule has 1 saturated carbocycles. The smallest absolute Gasteiger partial charge is 0.291 e. The Hall–Kier alpha value is -3.29. The summed E-state index contributed by atoms with van der Waals surface area (Å²) in [6, 6.07) is 3.43. The Balaban J connectivity index is 1.56. The van der Waals surface area contributed by atoms with Gasteiger partial charge in [0.25, 0.3) is 12.3 Å². The molecule has 16 heteroatoms. The number of fused-ring (bicyclic) bond motifs is 1. The quantitative estimate of drug-likeness (QED) is 0.459. The van der Waals surface area contributed by atoms with Crippen molar-refractivity contribution in [1.82, 2.24) is 29.2 Å². The molecule has 0 spiro atoms. The highest BCUT2D eigenvalue weighted by Crippen LogP contribution is 2.37. The fraction of sp³-hybridized carbons (Fsp3) is 0.500. The highest BCUT2D eigenvalue weighted by molar-refractivity contribution is 7.89. The molecule has 1 aliphatic heterocycles. The van der Waals surface area contributed by atoms with Gasteiger partial charge in [0, 0.05) is 32.4 Å². The minimum absolute atomic E-state index is 0.0741. The molecule has 1 amide bonds. The van der Waals surface area contributed by atoms with Crippen LogP contribution in [0.4, 0.5) is 18.9 Å². The molecule has 0 bridgehead atoms. The number of hydrogen-bond donors (Lipinski definition) is 1. The van der Waals surface area contributed by atoms with Crippen LogP contribution >= 0.6 is 11.3 Å². The normalized spacial score (nSPS) is 17.7. The van der Waals surface area contributed by atoms with Crippen LogP contribution in [0.2, 0.25) is 0 Å². The summed E-state index contributed by atoms with van der Waals surface area (Å²) in [5, 5.41) is 16.3. The first-order valence-corrected chi connectivity index (χ1v) is 13.9. The zero-order valence-electron chi connectivity index (χ0n) is 20.4. The lowest BCUT2D eigenvalue weighted by Crippen LogP contribution is -2.53. The highest BCUT2D eigenvalue weighted by atomic mass is 32.2. The van der Waals surface area contributed by atoms with Gasteiger partial charge in [-0.05, 0) is 32.8 Å². The molecule has 0 radical (unpaired) electrons. The number of imidazole rings is 1. The number of nitrogens with zero attached hydrogens (tertiary/aromatic N) is 7. The van der Waals surface area contributed by atoms with Crippen LogP contribution in [-0.4, -0.2) is 76.2 Å². The first-order chi connectivity index (χ1) is 17.8. The van der Waals surface area contributed by atoms with Crippen molar-refractivity contribution in [2.45, 2.75) is 49.2 Å². The number of anilines is 1. The van der Waals surface area contributed by atoms with Gasteiger partial charge in [0.2, 0.25) is 10.0 Å². The van der Waals surface area contributed by atoms with E-state index in [0.29, 0.717) is 35.4 Å². The third-order valence-electron chi connectivity index (χ3n) is 6.43. The molecule has 4 heterocycles. The average Bonchev–Trinajstić information content (AvgIpc) is 3.26. The van der Waals surface area contributed by atoms with Crippen LogP contribution in [0.3, 0.4) is 0 Å². The maximum atomic E-state index is 14.2. The van der Waals surface area contributed by atoms with E-state index in [2.05, 4.69) is 19.9 Å². The minimum Gasteiger partial charge on any atom is -0.366 e. The summed E-state index contributed by atoms with van der Waals surface area (Å²) in [5.74, 6) is -0.510. The molecule has 2 fully saturated rings. The SMILES string of the molecule is CC(C)(F)C(=O)N1CCN(c2cc(S(=O)(=O)NC3(C#N)CC3)cn3c(-c4nnc(C(F)F)s4)ncc23)CC1. The van der Waals surface area contributed by atoms with Gasteiger partial charge in [-0.25, -0.2) is 26.6 Å². The maximum Gasteiger partial charge on any atom is 0.291 e. The van der Waals surface area contributed by atoms with Gasteiger partial charge < -0.3 is 9.80 Å². The predicted octanol–water partition coefficient (Wildman–Crippen LogP) is 2.52. The van der Waals surface area contributed by atoms with Gasteiger partial charge >= 0.3 is 0 Å². The van der Waals surface area contributed by atoms with Crippen molar-refractivity contribution in [3.05, 3.63) is 23.5 Å². The molecule has 5 rings (SSSR count). The number of nitriles is 1. The van der Waals surface area contributed by atoms with E-state index in [1.165, 1.54) is 41.6 Å². The van der Waals surface area contributed by atoms with Crippen molar-refractivity contribution < 1.29 is 26.4 Å². The molecule has 0 unspecified atom stereocenters. The fourth-order valence-corrected chi connectivity index (χ4v) is 6.32. The Bertz CT molecular complexity index is 1550. The topological polar surface area (TPSA) is 137 Å². The first kappa shape index (κ1) is 26.3. The second kappa shape index (κ2) is 9.17. The van der Waals surface area contributed by atoms with E-state index in [1.807, 2.05) is 11.0 Å². The van der Waals surface area contributed by atoms with Crippen LogP contribution in [-0.2, 0) is 14.8 Å². The molecule has 0 atom stereocenters. The van der Waals surface area contributed by atoms with Crippen molar-refractivity contribution in [3.63, 3.8) is 0 Å². The number of carbonyl (C=O) groups is 1. The summed E-state index contributed by atoms with van der Waals surface area (Å²) < 4.78 is 71.0. The lowest BCUT2D eigenvalue weighted by atomic mass is 10.1. The van der Waals surface area contributed by atoms with E-state index in [9.17, 15) is 31.6 Å². The molecule has 3 aromatic heterocycles. The first-order valence-electron chi connectivity index (χ1n) is 11.7. The summed E-state index contributed by atoms with van der Waals surface area (Å²) in [4.78, 5) is 19.8. The van der Waals surface area contributed by atoms with E-state index in [-0.39, 0.29) is 41.9 Å². The molecule has 38 heavy (non-hydrogen) atoms. The fourth-order valence-electron chi connectivity index (χ4n) is 4.23. The van der Waals surface area contributed by atoms with Gasteiger partial charge in [-0.15, -0.1) is 10.2 Å². The van der Waals surface area contributed by atoms with Crippen LogP contribution in [0, 0.1) is 11.3 Å². The van der Waals surface area contributed by atoms with Gasteiger partial charge in [0.15, 0.2) is 21.5 Å². The summed E-state index contributed by atoms with van der Waals surface area (Å²) >= 11 is 0.641. The summed E-state index contributed by atoms with van der Waals surface area (Å²) in [5.41, 5.74) is -2.26. The maximum absolute atomic E-state index is 14.2. The number of piperazine rings is 1. The molecule has 202 valence electrons. The van der Waals surface area contributed by atoms with Crippen molar-refractivity contribution in [3.8, 4) is 16.9 Å². The highest BCUT2D eigenvalue weighted by Gasteiger charge is 2.47. The second-order valence-electron chi connectivity index (χ2n) is 9.70. The Morgan fingerprint density at radius 2 is 1.92 bits per heavy atom. The van der Waals surface area contributed by atoms with E-state index in [4.69, 9.17) is 0 Å². The third kappa shape index (κ3) is 4.81. The van der Waals surface area contributed by atoms with E-state index < -0.39 is 38.6 Å². The van der Waals surface area contributed by atoms with E-state index in [1.54, 1.807) is 0 Å². The third-order valence-corrected chi connectivity index (χ3v) is 8.86. The van der Waals surface area contributed by atoms with E-state index >= 15 is 0 Å². The number of rotatable bonds is 7. The molecular formula is C22H23F3N8O3S2. The van der Waals surface area contributed by atoms with Gasteiger partial charge in [-0.1, -0.05) is 11.3 Å². The summed E-state index contributed by atoms with van der Waals surface area (Å²) in [6.07, 6.45) is 0.716. The largest absolute Gasteiger partial charge is 0.366 e. The number of halogens is 3. The van der Waals surface area contributed by atoms with Gasteiger partial charge in [0.05, 0.1) is 23.5 Å². The molecule has 1 aliphatic carbocycles. The zero-order valence-corrected chi connectivity index (χ0v) is 22.0. The number of hydrogen-bond acceptors (Lipinski definition) is 9. The summed E-state index contributed by atoms with van der Waals surface area (Å²) in [6.45, 7) is 3.37. The van der Waals surface area contributed by atoms with Crippen LogP contribution in [0.15, 0.2) is 23.4 Å². The van der Waals surface area contributed by atoms with Crippen molar-refractivity contribution in [2.75, 3.05) is 31.1 Å². The molecule has 3 aromatic rings. The number of aromatic nitrogens is 4. The molecular weight excluding hydrogens is 545 g/mol. The molecule has 2 aliphatic rings. The van der Waals surface area contributed by atoms with Crippen molar-refractivity contribution in [1.29, 1.82) is 5.26 Å². The van der Waals surface area contributed by atoms with Gasteiger partial charge in [-0.2, -0.15) is 9.98 Å². The van der Waals surface area contributed by atoms with Gasteiger partial charge in [0.1, 0.15) is 10.4 Å². The molecule has 0 aromatic carbocycles. The standard InChI is InChI=1S/C22H23F3N8O3S2/c1-21(2,25)20(34)32-7-5-31(6-8-32)14-9-13(38(35,36)30-22(12-26)3-4-22)11-33-15(14)10-27-17(33)19-29-28-18(37-19)16(23)24/h9-11,16,30H,3-8H2,1-2H3. The summed E-state index contributed by atoms with van der Waals surface area (Å²) in [7, 11) is -4.16. The zero-order chi connectivity index (χ0) is 27.5. The van der Waals surface area contributed by atoms with Crippen molar-refractivity contribution >= 4 is 38.5 Å². The monoisotopic (exact) mass is 568 g/mol. The Morgan fingerprint density at radius 1 is 1.24 bits per heavy atom. The van der Waals surface area contributed by atoms with Crippen LogP contribution in [0.25, 0.3) is 16.3 Å². The lowest BCUT2D eigenvalue weighted by molar-refractivity contribution is -0.142. The van der Waals surface area contributed by atoms with Crippen LogP contribution < -0.4 is 9.62 Å². The number of carbonyl (C=O) groups excluding carboxylic acids is 1. The van der Waals surface area contributed by atoms with Gasteiger partial charge in [-0.3, -0.25) is 9.20 Å². The Kier molecular flexibility index (Phi) is 6.35. The number of alkyl halides is 3. The van der Waals surface area contributed by atoms with Crippen molar-refractivity contribution in [2.24, 2.45) is 0 Å². The number of nitrogens with one attached hydrogen (secondary N) is 1. The predicted molar refractivity (Wildman–Crippen MR) is 131 cm³/mol. The van der Waals surface area contributed by atoms with Crippen LogP contribution in [0.5, 0.6) is 0 Å². The van der Waals surface area contributed by atoms with E-state index in [0.717, 1.165) is 0 Å². The molecule has 1 saturated heterocycles. The second-order valence-corrected chi connectivity index (χ2v) is 12.4. The molecule has 11 nitrogen and oxygen atoms in total. The number of pyridine rings is 1. The number of sulfonamides is 1. The Labute approximate surface area is 219 Å². The minimum atomic E-state index is -4.16. The number of amides is 1. The van der Waals surface area contributed by atoms with Crippen LogP contribution in [0.1, 0.15) is 38.1 Å². The average molecular weight is 569 g/mol.